The Morgan fingerprint density at radius 3 is 2.95 bits per heavy atom. The molecule has 0 radical (unpaired) electrons. The number of hydrogen-bond donors (Lipinski definition) is 1. The number of para-hydroxylation sites is 1. The van der Waals surface area contributed by atoms with E-state index in [9.17, 15) is 14.9 Å². The van der Waals surface area contributed by atoms with Gasteiger partial charge in [-0.25, -0.2) is 0 Å². The van der Waals surface area contributed by atoms with E-state index in [0.29, 0.717) is 31.9 Å². The number of nitro benzene ring substituents is 1. The molecular formula is C13H17N3O4. The maximum atomic E-state index is 11.7. The van der Waals surface area contributed by atoms with Gasteiger partial charge in [-0.3, -0.25) is 14.9 Å². The predicted octanol–water partition coefficient (Wildman–Crippen LogP) is 1.39. The summed E-state index contributed by atoms with van der Waals surface area (Å²) < 4.78 is 5.07. The zero-order valence-corrected chi connectivity index (χ0v) is 11.3. The number of nitrogens with one attached hydrogen (secondary N) is 1. The smallest absolute Gasteiger partial charge is 0.292 e. The van der Waals surface area contributed by atoms with Crippen molar-refractivity contribution in [1.29, 1.82) is 0 Å². The third-order valence-electron chi connectivity index (χ3n) is 3.12. The van der Waals surface area contributed by atoms with E-state index < -0.39 is 4.92 Å². The van der Waals surface area contributed by atoms with Crippen LogP contribution in [0.15, 0.2) is 18.2 Å². The second kappa shape index (κ2) is 6.33. The largest absolute Gasteiger partial charge is 0.379 e. The van der Waals surface area contributed by atoms with Crippen molar-refractivity contribution < 1.29 is 14.5 Å². The summed E-state index contributed by atoms with van der Waals surface area (Å²) in [6.07, 6.45) is 0. The number of rotatable bonds is 5. The molecule has 1 aliphatic heterocycles. The summed E-state index contributed by atoms with van der Waals surface area (Å²) in [6, 6.07) is 4.90. The number of carbonyl (C=O) groups excluding carboxylic acids is 1. The molecule has 1 heterocycles. The minimum Gasteiger partial charge on any atom is -0.379 e. The fraction of sp³-hybridized carbons (Fsp3) is 0.462. The Bertz CT molecular complexity index is 518. The van der Waals surface area contributed by atoms with Crippen LogP contribution in [0.5, 0.6) is 0 Å². The molecule has 1 N–H and O–H groups in total. The molecule has 7 heteroatoms. The summed E-state index contributed by atoms with van der Waals surface area (Å²) in [4.78, 5) is 24.0. The second-order valence-electron chi connectivity index (χ2n) is 4.47. The van der Waals surface area contributed by atoms with Crippen LogP contribution in [0.3, 0.4) is 0 Å². The van der Waals surface area contributed by atoms with E-state index in [4.69, 9.17) is 4.74 Å². The van der Waals surface area contributed by atoms with E-state index >= 15 is 0 Å². The average molecular weight is 279 g/mol. The first-order valence-electron chi connectivity index (χ1n) is 6.49. The number of hydrogen-bond acceptors (Lipinski definition) is 5. The van der Waals surface area contributed by atoms with Gasteiger partial charge in [0.15, 0.2) is 0 Å². The van der Waals surface area contributed by atoms with E-state index in [2.05, 4.69) is 5.32 Å². The number of anilines is 1. The lowest BCUT2D eigenvalue weighted by Gasteiger charge is -2.27. The first-order chi connectivity index (χ1) is 9.63. The normalized spacial score (nSPS) is 15.2. The third-order valence-corrected chi connectivity index (χ3v) is 3.12. The molecule has 1 fully saturated rings. The molecule has 1 saturated heterocycles. The fourth-order valence-electron chi connectivity index (χ4n) is 2.17. The van der Waals surface area contributed by atoms with Gasteiger partial charge in [-0.2, -0.15) is 0 Å². The molecule has 7 nitrogen and oxygen atoms in total. The Morgan fingerprint density at radius 1 is 1.50 bits per heavy atom. The van der Waals surface area contributed by atoms with Gasteiger partial charge < -0.3 is 15.0 Å². The van der Waals surface area contributed by atoms with Crippen LogP contribution in [0.4, 0.5) is 11.4 Å². The number of benzene rings is 1. The Balaban J connectivity index is 2.28. The van der Waals surface area contributed by atoms with Gasteiger partial charge in [0.1, 0.15) is 12.3 Å². The molecule has 0 spiro atoms. The first kappa shape index (κ1) is 14.3. The molecule has 1 aromatic rings. The Kier molecular flexibility index (Phi) is 4.52. The second-order valence-corrected chi connectivity index (χ2v) is 4.47. The van der Waals surface area contributed by atoms with Crippen LogP contribution >= 0.6 is 0 Å². The van der Waals surface area contributed by atoms with Crippen molar-refractivity contribution in [3.8, 4) is 0 Å². The monoisotopic (exact) mass is 279 g/mol. The van der Waals surface area contributed by atoms with Gasteiger partial charge in [-0.15, -0.1) is 0 Å². The molecule has 1 aromatic carbocycles. The van der Waals surface area contributed by atoms with Gasteiger partial charge in [0.2, 0.25) is 5.91 Å². The van der Waals surface area contributed by atoms with Gasteiger partial charge in [-0.1, -0.05) is 12.1 Å². The third kappa shape index (κ3) is 3.05. The van der Waals surface area contributed by atoms with Crippen LogP contribution in [-0.4, -0.2) is 42.0 Å². The minimum atomic E-state index is -0.414. The highest BCUT2D eigenvalue weighted by molar-refractivity contribution is 5.78. The molecule has 1 amide bonds. The Morgan fingerprint density at radius 2 is 2.30 bits per heavy atom. The van der Waals surface area contributed by atoms with Gasteiger partial charge in [0.25, 0.3) is 5.69 Å². The van der Waals surface area contributed by atoms with Crippen molar-refractivity contribution >= 4 is 17.3 Å². The summed E-state index contributed by atoms with van der Waals surface area (Å²) in [5.41, 5.74) is 1.26. The number of nitro groups is 1. The van der Waals surface area contributed by atoms with E-state index in [0.717, 1.165) is 5.56 Å². The molecule has 2 rings (SSSR count). The highest BCUT2D eigenvalue weighted by Gasteiger charge is 2.22. The topological polar surface area (TPSA) is 84.7 Å². The molecule has 0 aliphatic carbocycles. The maximum Gasteiger partial charge on any atom is 0.292 e. The summed E-state index contributed by atoms with van der Waals surface area (Å²) in [6.45, 7) is 3.89. The van der Waals surface area contributed by atoms with E-state index in [1.807, 2.05) is 6.92 Å². The van der Waals surface area contributed by atoms with Crippen LogP contribution in [0, 0.1) is 10.1 Å². The van der Waals surface area contributed by atoms with Crippen LogP contribution in [0.2, 0.25) is 0 Å². The minimum absolute atomic E-state index is 0.0325. The Hall–Kier alpha value is -2.15. The van der Waals surface area contributed by atoms with Crippen molar-refractivity contribution in [3.63, 3.8) is 0 Å². The SMILES string of the molecule is CCNc1c(CN2CCOCC2=O)cccc1[N+](=O)[O-]. The number of amides is 1. The number of ether oxygens (including phenoxy) is 1. The zero-order valence-electron chi connectivity index (χ0n) is 11.3. The van der Waals surface area contributed by atoms with Gasteiger partial charge in [-0.05, 0) is 6.92 Å². The first-order valence-corrected chi connectivity index (χ1v) is 6.49. The molecular weight excluding hydrogens is 262 g/mol. The highest BCUT2D eigenvalue weighted by atomic mass is 16.6. The van der Waals surface area contributed by atoms with E-state index in [1.54, 1.807) is 17.0 Å². The van der Waals surface area contributed by atoms with Crippen molar-refractivity contribution in [2.24, 2.45) is 0 Å². The summed E-state index contributed by atoms with van der Waals surface area (Å²) in [5, 5.41) is 14.1. The molecule has 0 bridgehead atoms. The zero-order chi connectivity index (χ0) is 14.5. The molecule has 0 unspecified atom stereocenters. The Labute approximate surface area is 116 Å². The molecule has 0 aromatic heterocycles. The molecule has 1 aliphatic rings. The summed E-state index contributed by atoms with van der Waals surface area (Å²) in [5.74, 6) is -0.0924. The molecule has 108 valence electrons. The number of morpholine rings is 1. The standard InChI is InChI=1S/C13H17N3O4/c1-2-14-13-10(4-3-5-11(13)16(18)19)8-15-6-7-20-9-12(15)17/h3-5,14H,2,6-9H2,1H3. The lowest BCUT2D eigenvalue weighted by Crippen LogP contribution is -2.41. The number of nitrogens with zero attached hydrogens (tertiary/aromatic N) is 2. The maximum absolute atomic E-state index is 11.7. The average Bonchev–Trinajstić information content (AvgIpc) is 2.43. The van der Waals surface area contributed by atoms with Crippen molar-refractivity contribution in [2.75, 3.05) is 31.6 Å². The van der Waals surface area contributed by atoms with Crippen molar-refractivity contribution in [1.82, 2.24) is 4.90 Å². The van der Waals surface area contributed by atoms with E-state index in [1.165, 1.54) is 6.07 Å². The van der Waals surface area contributed by atoms with Crippen LogP contribution < -0.4 is 5.32 Å². The van der Waals surface area contributed by atoms with Crippen LogP contribution in [-0.2, 0) is 16.1 Å². The highest BCUT2D eigenvalue weighted by Crippen LogP contribution is 2.29. The molecule has 20 heavy (non-hydrogen) atoms. The lowest BCUT2D eigenvalue weighted by molar-refractivity contribution is -0.384. The van der Waals surface area contributed by atoms with Crippen LogP contribution in [0.25, 0.3) is 0 Å². The van der Waals surface area contributed by atoms with Gasteiger partial charge >= 0.3 is 0 Å². The van der Waals surface area contributed by atoms with Crippen LogP contribution in [0.1, 0.15) is 12.5 Å². The summed E-state index contributed by atoms with van der Waals surface area (Å²) >= 11 is 0. The van der Waals surface area contributed by atoms with Gasteiger partial charge in [0, 0.05) is 31.3 Å². The van der Waals surface area contributed by atoms with Gasteiger partial charge in [0.05, 0.1) is 11.5 Å². The molecule has 0 atom stereocenters. The lowest BCUT2D eigenvalue weighted by atomic mass is 10.1. The molecule has 0 saturated carbocycles. The number of carbonyl (C=O) groups is 1. The predicted molar refractivity (Wildman–Crippen MR) is 73.5 cm³/mol. The fourth-order valence-corrected chi connectivity index (χ4v) is 2.17. The van der Waals surface area contributed by atoms with Crippen molar-refractivity contribution in [3.05, 3.63) is 33.9 Å². The van der Waals surface area contributed by atoms with E-state index in [-0.39, 0.29) is 18.2 Å². The quantitative estimate of drug-likeness (QED) is 0.650. The van der Waals surface area contributed by atoms with Crippen molar-refractivity contribution in [2.45, 2.75) is 13.5 Å². The summed E-state index contributed by atoms with van der Waals surface area (Å²) in [7, 11) is 0.